The summed E-state index contributed by atoms with van der Waals surface area (Å²) in [6.07, 6.45) is 8.23. The Kier molecular flexibility index (Phi) is 12.4. The zero-order chi connectivity index (χ0) is 14.2. The maximum absolute atomic E-state index is 11.9. The van der Waals surface area contributed by atoms with Crippen LogP contribution in [0.3, 0.4) is 0 Å². The Morgan fingerprint density at radius 2 is 1.91 bits per heavy atom. The van der Waals surface area contributed by atoms with Gasteiger partial charge < -0.3 is 10.6 Å². The molecule has 2 fully saturated rings. The van der Waals surface area contributed by atoms with Gasteiger partial charge in [0.05, 0.1) is 0 Å². The van der Waals surface area contributed by atoms with E-state index in [1.807, 2.05) is 0 Å². The third-order valence-electron chi connectivity index (χ3n) is 4.90. The van der Waals surface area contributed by atoms with Gasteiger partial charge in [-0.05, 0) is 64.6 Å². The van der Waals surface area contributed by atoms with Crippen molar-refractivity contribution in [3.05, 3.63) is 0 Å². The monoisotopic (exact) mass is 353 g/mol. The molecule has 22 heavy (non-hydrogen) atoms. The van der Waals surface area contributed by atoms with Crippen LogP contribution in [-0.2, 0) is 4.79 Å². The smallest absolute Gasteiger partial charge is 0.220 e. The van der Waals surface area contributed by atoms with E-state index in [2.05, 4.69) is 22.5 Å². The molecule has 1 atom stereocenters. The third-order valence-corrected chi connectivity index (χ3v) is 4.90. The summed E-state index contributed by atoms with van der Waals surface area (Å²) in [5.41, 5.74) is 0. The molecule has 2 aliphatic heterocycles. The van der Waals surface area contributed by atoms with Crippen molar-refractivity contribution in [1.29, 1.82) is 0 Å². The van der Waals surface area contributed by atoms with E-state index in [1.165, 1.54) is 38.6 Å². The molecule has 0 radical (unpaired) electrons. The number of hydrogen-bond acceptors (Lipinski definition) is 3. The first-order chi connectivity index (χ1) is 9.75. The number of carbonyl (C=O) groups excluding carboxylic acids is 1. The van der Waals surface area contributed by atoms with E-state index in [-0.39, 0.29) is 30.7 Å². The molecule has 6 heteroatoms. The largest absolute Gasteiger partial charge is 0.355 e. The van der Waals surface area contributed by atoms with Gasteiger partial charge in [0.2, 0.25) is 5.91 Å². The van der Waals surface area contributed by atoms with E-state index in [4.69, 9.17) is 0 Å². The second-order valence-electron chi connectivity index (χ2n) is 6.46. The van der Waals surface area contributed by atoms with Crippen LogP contribution in [0.15, 0.2) is 0 Å². The van der Waals surface area contributed by atoms with Crippen molar-refractivity contribution in [3.63, 3.8) is 0 Å². The fourth-order valence-corrected chi connectivity index (χ4v) is 3.42. The summed E-state index contributed by atoms with van der Waals surface area (Å²) in [7, 11) is 0. The molecule has 0 spiro atoms. The van der Waals surface area contributed by atoms with Crippen LogP contribution in [0.2, 0.25) is 0 Å². The Morgan fingerprint density at radius 3 is 2.59 bits per heavy atom. The topological polar surface area (TPSA) is 44.4 Å². The fourth-order valence-electron chi connectivity index (χ4n) is 3.42. The van der Waals surface area contributed by atoms with Crippen LogP contribution in [0, 0.1) is 5.92 Å². The molecule has 2 heterocycles. The molecule has 2 N–H and O–H groups in total. The highest BCUT2D eigenvalue weighted by Gasteiger charge is 2.18. The second-order valence-corrected chi connectivity index (χ2v) is 6.46. The van der Waals surface area contributed by atoms with Gasteiger partial charge in [-0.2, -0.15) is 0 Å². The lowest BCUT2D eigenvalue weighted by Crippen LogP contribution is -2.42. The lowest BCUT2D eigenvalue weighted by atomic mass is 9.93. The quantitative estimate of drug-likeness (QED) is 0.771. The number of likely N-dealkylation sites (tertiary alicyclic amines) is 1. The van der Waals surface area contributed by atoms with Crippen molar-refractivity contribution in [3.8, 4) is 0 Å². The van der Waals surface area contributed by atoms with Gasteiger partial charge in [0.15, 0.2) is 0 Å². The number of carbonyl (C=O) groups is 1. The van der Waals surface area contributed by atoms with E-state index >= 15 is 0 Å². The normalized spacial score (nSPS) is 23.2. The number of nitrogens with zero attached hydrogens (tertiary/aromatic N) is 1. The molecule has 1 unspecified atom stereocenters. The van der Waals surface area contributed by atoms with Crippen molar-refractivity contribution in [2.75, 3.05) is 32.7 Å². The first kappa shape index (κ1) is 22.0. The molecule has 0 aromatic carbocycles. The maximum atomic E-state index is 11.9. The van der Waals surface area contributed by atoms with Crippen molar-refractivity contribution in [2.24, 2.45) is 5.92 Å². The lowest BCUT2D eigenvalue weighted by Gasteiger charge is -2.33. The fraction of sp³-hybridized carbons (Fsp3) is 0.938. The molecule has 0 aromatic rings. The minimum atomic E-state index is 0. The predicted octanol–water partition coefficient (Wildman–Crippen LogP) is 2.60. The predicted molar refractivity (Wildman–Crippen MR) is 97.2 cm³/mol. The van der Waals surface area contributed by atoms with Crippen molar-refractivity contribution < 1.29 is 4.79 Å². The van der Waals surface area contributed by atoms with Gasteiger partial charge in [-0.25, -0.2) is 0 Å². The molecular weight excluding hydrogens is 321 g/mol. The van der Waals surface area contributed by atoms with Crippen LogP contribution in [0.25, 0.3) is 0 Å². The third kappa shape index (κ3) is 8.00. The number of rotatable bonds is 6. The Balaban J connectivity index is 0.00000220. The van der Waals surface area contributed by atoms with Crippen LogP contribution in [0.4, 0.5) is 0 Å². The molecule has 0 saturated carbocycles. The molecule has 0 aliphatic carbocycles. The number of piperidine rings is 2. The summed E-state index contributed by atoms with van der Waals surface area (Å²) in [5, 5.41) is 6.46. The van der Waals surface area contributed by atoms with E-state index in [9.17, 15) is 4.79 Å². The number of nitrogens with one attached hydrogen (secondary N) is 2. The van der Waals surface area contributed by atoms with Gasteiger partial charge in [-0.15, -0.1) is 24.8 Å². The first-order valence-corrected chi connectivity index (χ1v) is 8.47. The van der Waals surface area contributed by atoms with E-state index < -0.39 is 0 Å². The summed E-state index contributed by atoms with van der Waals surface area (Å²) < 4.78 is 0. The van der Waals surface area contributed by atoms with Gasteiger partial charge in [-0.1, -0.05) is 6.42 Å². The molecule has 132 valence electrons. The van der Waals surface area contributed by atoms with Crippen LogP contribution in [0.5, 0.6) is 0 Å². The summed E-state index contributed by atoms with van der Waals surface area (Å²) in [4.78, 5) is 14.4. The van der Waals surface area contributed by atoms with Crippen LogP contribution >= 0.6 is 24.8 Å². The summed E-state index contributed by atoms with van der Waals surface area (Å²) in [6.45, 7) is 7.58. The Morgan fingerprint density at radius 1 is 1.18 bits per heavy atom. The van der Waals surface area contributed by atoms with E-state index in [0.29, 0.717) is 12.5 Å². The molecule has 1 amide bonds. The first-order valence-electron chi connectivity index (χ1n) is 8.47. The molecule has 0 bridgehead atoms. The Bertz CT molecular complexity index is 299. The minimum Gasteiger partial charge on any atom is -0.355 e. The van der Waals surface area contributed by atoms with Gasteiger partial charge in [-0.3, -0.25) is 9.69 Å². The van der Waals surface area contributed by atoms with E-state index in [0.717, 1.165) is 38.5 Å². The number of halogens is 2. The SMILES string of the molecule is CC1CCCCN1CCNC(=O)CCC1CCNCC1.Cl.Cl. The van der Waals surface area contributed by atoms with Crippen LogP contribution < -0.4 is 10.6 Å². The highest BCUT2D eigenvalue weighted by atomic mass is 35.5. The lowest BCUT2D eigenvalue weighted by molar-refractivity contribution is -0.121. The molecule has 2 saturated heterocycles. The summed E-state index contributed by atoms with van der Waals surface area (Å²) in [5.74, 6) is 0.998. The van der Waals surface area contributed by atoms with Gasteiger partial charge in [0, 0.05) is 25.6 Å². The van der Waals surface area contributed by atoms with Crippen molar-refractivity contribution >= 4 is 30.7 Å². The zero-order valence-electron chi connectivity index (χ0n) is 13.8. The molecule has 4 nitrogen and oxygen atoms in total. The second kappa shape index (κ2) is 12.4. The van der Waals surface area contributed by atoms with E-state index in [1.54, 1.807) is 0 Å². The standard InChI is InChI=1S/C16H31N3O.2ClH/c1-14-4-2-3-12-19(14)13-11-18-16(20)6-5-15-7-9-17-10-8-15;;/h14-15,17H,2-13H2,1H3,(H,18,20);2*1H. The van der Waals surface area contributed by atoms with Gasteiger partial charge in [0.25, 0.3) is 0 Å². The summed E-state index contributed by atoms with van der Waals surface area (Å²) in [6, 6.07) is 0.690. The van der Waals surface area contributed by atoms with Crippen molar-refractivity contribution in [1.82, 2.24) is 15.5 Å². The average molecular weight is 354 g/mol. The molecule has 2 aliphatic rings. The van der Waals surface area contributed by atoms with Crippen LogP contribution in [0.1, 0.15) is 51.9 Å². The van der Waals surface area contributed by atoms with Gasteiger partial charge >= 0.3 is 0 Å². The van der Waals surface area contributed by atoms with Crippen LogP contribution in [-0.4, -0.2) is 49.6 Å². The number of hydrogen-bond donors (Lipinski definition) is 2. The molecular formula is C16H33Cl2N3O. The minimum absolute atomic E-state index is 0. The molecule has 2 rings (SSSR count). The Hall–Kier alpha value is -0.0300. The number of amides is 1. The maximum Gasteiger partial charge on any atom is 0.220 e. The highest BCUT2D eigenvalue weighted by molar-refractivity contribution is 5.85. The van der Waals surface area contributed by atoms with Gasteiger partial charge in [0.1, 0.15) is 0 Å². The van der Waals surface area contributed by atoms with Crippen molar-refractivity contribution in [2.45, 2.75) is 57.9 Å². The molecule has 0 aromatic heterocycles. The zero-order valence-corrected chi connectivity index (χ0v) is 15.4. The Labute approximate surface area is 148 Å². The average Bonchev–Trinajstić information content (AvgIpc) is 2.48. The highest BCUT2D eigenvalue weighted by Crippen LogP contribution is 2.17. The summed E-state index contributed by atoms with van der Waals surface area (Å²) >= 11 is 0.